The van der Waals surface area contributed by atoms with Gasteiger partial charge in [0, 0.05) is 0 Å². The number of ether oxygens (including phenoxy) is 3. The van der Waals surface area contributed by atoms with Crippen LogP contribution in [0.15, 0.2) is 12.1 Å². The predicted molar refractivity (Wildman–Crippen MR) is 123 cm³/mol. The molecule has 18 heteroatoms. The van der Waals surface area contributed by atoms with Crippen molar-refractivity contribution < 1.29 is 80.5 Å². The number of carboxylic acid groups (broad SMARTS) is 1. The Morgan fingerprint density at radius 3 is 1.84 bits per heavy atom. The van der Waals surface area contributed by atoms with E-state index in [4.69, 9.17) is 40.2 Å². The van der Waals surface area contributed by atoms with Gasteiger partial charge in [-0.3, -0.25) is 4.79 Å². The van der Waals surface area contributed by atoms with E-state index in [0.717, 1.165) is 0 Å². The molecule has 2 aliphatic rings. The van der Waals surface area contributed by atoms with Crippen molar-refractivity contribution in [3.8, 4) is 0 Å². The molecule has 2 saturated heterocycles. The Kier molecular flexibility index (Phi) is 19.3. The summed E-state index contributed by atoms with van der Waals surface area (Å²) in [5, 5.41) is 101. The van der Waals surface area contributed by atoms with E-state index in [1.54, 1.807) is 19.9 Å². The molecule has 2 heterocycles. The number of hydrogen-bond acceptors (Lipinski definition) is 15. The minimum absolute atomic E-state index is 0. The van der Waals surface area contributed by atoms with Gasteiger partial charge in [0.05, 0.1) is 13.2 Å². The minimum Gasteiger partial charge on any atom is -0.480 e. The number of carbonyl (C=O) groups is 1. The molecule has 2 rings (SSSR count). The number of hydrogen-bond donors (Lipinski definition) is 12. The summed E-state index contributed by atoms with van der Waals surface area (Å²) in [5.74, 6) is 0.350. The number of aliphatic hydroxyl groups excluding tert-OH is 8. The maximum atomic E-state index is 9.94. The van der Waals surface area contributed by atoms with Crippen LogP contribution in [0.4, 0.5) is 0 Å². The van der Waals surface area contributed by atoms with Crippen molar-refractivity contribution in [2.45, 2.75) is 87.7 Å². The van der Waals surface area contributed by atoms with Crippen LogP contribution in [0.5, 0.6) is 0 Å². The number of rotatable bonds is 7. The van der Waals surface area contributed by atoms with Crippen molar-refractivity contribution >= 4 is 13.1 Å². The van der Waals surface area contributed by atoms with Crippen molar-refractivity contribution in [2.24, 2.45) is 5.73 Å². The lowest BCUT2D eigenvalue weighted by atomic mass is 9.92. The van der Waals surface area contributed by atoms with Gasteiger partial charge in [-0.2, -0.15) is 0 Å². The third-order valence-corrected chi connectivity index (χ3v) is 5.10. The molecule has 1 unspecified atom stereocenters. The second-order valence-electron chi connectivity index (χ2n) is 7.82. The van der Waals surface area contributed by atoms with Gasteiger partial charge in [0.2, 0.25) is 0 Å². The van der Waals surface area contributed by atoms with E-state index in [9.17, 15) is 40.5 Å². The highest BCUT2D eigenvalue weighted by atomic mass is 16.7. The van der Waals surface area contributed by atoms with Gasteiger partial charge in [-0.15, -0.1) is 0 Å². The zero-order valence-corrected chi connectivity index (χ0v) is 20.3. The van der Waals surface area contributed by atoms with Gasteiger partial charge in [0.25, 0.3) is 0 Å². The predicted octanol–water partition coefficient (Wildman–Crippen LogP) is -6.84. The molecule has 2 aliphatic heterocycles. The van der Waals surface area contributed by atoms with Crippen LogP contribution in [0.1, 0.15) is 20.3 Å². The van der Waals surface area contributed by atoms with Gasteiger partial charge in [-0.05, 0) is 13.3 Å². The first kappa shape index (κ1) is 37.8. The molecule has 37 heavy (non-hydrogen) atoms. The number of nitrogens with two attached hydrogens (primary N) is 1. The largest absolute Gasteiger partial charge is 0.480 e. The van der Waals surface area contributed by atoms with Gasteiger partial charge >= 0.3 is 13.1 Å². The monoisotopic (exact) mass is 549 g/mol. The third-order valence-electron chi connectivity index (χ3n) is 5.10. The zero-order chi connectivity index (χ0) is 28.2. The number of allylic oxidation sites excluding steroid dienone is 1. The fraction of sp³-hybridized carbons (Fsp3) is 0.842. The molecule has 11 atom stereocenters. The van der Waals surface area contributed by atoms with Crippen LogP contribution in [-0.2, 0) is 19.0 Å². The van der Waals surface area contributed by atoms with Gasteiger partial charge in [0.1, 0.15) is 54.9 Å². The average molecular weight is 549 g/mol. The van der Waals surface area contributed by atoms with Gasteiger partial charge < -0.3 is 81.4 Å². The fourth-order valence-electron chi connectivity index (χ4n) is 2.92. The van der Waals surface area contributed by atoms with Gasteiger partial charge in [-0.25, -0.2) is 0 Å². The van der Waals surface area contributed by atoms with Crippen LogP contribution in [0.2, 0.25) is 0 Å². The lowest BCUT2D eigenvalue weighted by Gasteiger charge is -2.45. The van der Waals surface area contributed by atoms with Crippen molar-refractivity contribution in [3.63, 3.8) is 0 Å². The highest BCUT2D eigenvalue weighted by molar-refractivity contribution is 6.47. The molecular weight excluding hydrogens is 509 g/mol. The molecule has 0 aromatic rings. The molecule has 0 amide bonds. The van der Waals surface area contributed by atoms with Gasteiger partial charge in [0.15, 0.2) is 12.6 Å². The van der Waals surface area contributed by atoms with Crippen LogP contribution in [0.3, 0.4) is 0 Å². The first-order valence-corrected chi connectivity index (χ1v) is 11.0. The van der Waals surface area contributed by atoms with Crippen molar-refractivity contribution in [3.05, 3.63) is 12.1 Å². The van der Waals surface area contributed by atoms with Gasteiger partial charge in [-0.1, -0.05) is 19.0 Å². The Morgan fingerprint density at radius 1 is 0.946 bits per heavy atom. The van der Waals surface area contributed by atoms with Crippen molar-refractivity contribution in [1.29, 1.82) is 0 Å². The van der Waals surface area contributed by atoms with Crippen LogP contribution in [-0.4, -0.2) is 155 Å². The third kappa shape index (κ3) is 11.9. The van der Waals surface area contributed by atoms with E-state index in [-0.39, 0.29) is 5.48 Å². The second kappa shape index (κ2) is 18.8. The van der Waals surface area contributed by atoms with E-state index < -0.39 is 93.8 Å². The summed E-state index contributed by atoms with van der Waals surface area (Å²) >= 11 is 0. The molecule has 0 radical (unpaired) electrons. The summed E-state index contributed by atoms with van der Waals surface area (Å²) in [7, 11) is -1.28. The SMILES string of the molecule is C/C=C/B(O)O.CC[C@H](N)C(=O)O.O.OC[C@H]1O[C@H](O[C@H]2[C@H](O)[C@@H](O)C(O)O[C@@H]2CO)[C@H](O)[C@@H](O)[C@@H]1O. The molecule has 0 aromatic heterocycles. The van der Waals surface area contributed by atoms with Crippen LogP contribution >= 0.6 is 0 Å². The summed E-state index contributed by atoms with van der Waals surface area (Å²) in [6.07, 6.45) is -13.5. The quantitative estimate of drug-likeness (QED) is 0.131. The Morgan fingerprint density at radius 2 is 1.49 bits per heavy atom. The molecule has 0 aliphatic carbocycles. The molecule has 0 aromatic carbocycles. The van der Waals surface area contributed by atoms with Crippen LogP contribution < -0.4 is 5.73 Å². The molecule has 17 nitrogen and oxygen atoms in total. The lowest BCUT2D eigenvalue weighted by molar-refractivity contribution is -0.355. The minimum atomic E-state index is -1.74. The van der Waals surface area contributed by atoms with Crippen LogP contribution in [0, 0.1) is 0 Å². The average Bonchev–Trinajstić information content (AvgIpc) is 2.84. The smallest absolute Gasteiger partial charge is 0.480 e. The summed E-state index contributed by atoms with van der Waals surface area (Å²) < 4.78 is 15.3. The standard InChI is InChI=1S/C12H22O11.C4H9NO2.C3H7BO2.H2O/c13-1-3-5(15)6(16)9(19)12(22-3)23-10-4(2-14)21-11(20)8(18)7(10)17;1-2-3(5)4(6)7;1-2-3-4(5)6;/h3-20H,1-2H2;3H,2,5H2,1H3,(H,6,7);2-3,5-6H,1H3;1H2/b;;3-2+;/t3-,4-,5-,6+,7-,8-,9-,10-,11?,12-;3-;;/m10../s1. The van der Waals surface area contributed by atoms with E-state index in [1.165, 1.54) is 5.98 Å². The first-order valence-electron chi connectivity index (χ1n) is 11.0. The maximum absolute atomic E-state index is 9.94. The molecule has 2 fully saturated rings. The molecule has 0 spiro atoms. The Labute approximate surface area is 213 Å². The Balaban J connectivity index is 0. The Bertz CT molecular complexity index is 641. The summed E-state index contributed by atoms with van der Waals surface area (Å²) in [6, 6.07) is -0.681. The maximum Gasteiger partial charge on any atom is 0.480 e. The van der Waals surface area contributed by atoms with Crippen molar-refractivity contribution in [1.82, 2.24) is 0 Å². The Hall–Kier alpha value is -1.33. The second-order valence-corrected chi connectivity index (χ2v) is 7.82. The molecule has 0 bridgehead atoms. The number of carboxylic acids is 1. The lowest BCUT2D eigenvalue weighted by Crippen LogP contribution is -2.64. The van der Waals surface area contributed by atoms with Crippen LogP contribution in [0.25, 0.3) is 0 Å². The van der Waals surface area contributed by atoms with E-state index in [2.05, 4.69) is 0 Å². The number of aliphatic hydroxyl groups is 8. The summed E-state index contributed by atoms with van der Waals surface area (Å²) in [6.45, 7) is 2.11. The fourth-order valence-corrected chi connectivity index (χ4v) is 2.92. The molecule has 15 N–H and O–H groups in total. The first-order chi connectivity index (χ1) is 16.8. The highest BCUT2D eigenvalue weighted by Gasteiger charge is 2.50. The molecular formula is C19H40BNO16. The summed E-state index contributed by atoms with van der Waals surface area (Å²) in [4.78, 5) is 9.81. The van der Waals surface area contributed by atoms with E-state index >= 15 is 0 Å². The molecule has 220 valence electrons. The number of aliphatic carboxylic acids is 1. The van der Waals surface area contributed by atoms with Crippen molar-refractivity contribution in [2.75, 3.05) is 13.2 Å². The zero-order valence-electron chi connectivity index (χ0n) is 20.3. The van der Waals surface area contributed by atoms with E-state index in [1.807, 2.05) is 0 Å². The highest BCUT2D eigenvalue weighted by Crippen LogP contribution is 2.28. The topological polar surface area (TPSA) is 325 Å². The normalized spacial score (nSPS) is 36.2. The molecule has 0 saturated carbocycles. The van der Waals surface area contributed by atoms with E-state index in [0.29, 0.717) is 6.42 Å². The summed E-state index contributed by atoms with van der Waals surface area (Å²) in [5.41, 5.74) is 5.02.